The van der Waals surface area contributed by atoms with E-state index in [1.54, 1.807) is 12.0 Å². The normalized spacial score (nSPS) is 16.3. The summed E-state index contributed by atoms with van der Waals surface area (Å²) in [6.45, 7) is 8.47. The molecule has 0 aromatic heterocycles. The Balaban J connectivity index is 1.61. The number of carbonyl (C=O) groups is 1. The molecule has 0 spiro atoms. The summed E-state index contributed by atoms with van der Waals surface area (Å²) in [5, 5.41) is 3.12. The zero-order valence-corrected chi connectivity index (χ0v) is 23.5. The number of ether oxygens (including phenoxy) is 2. The summed E-state index contributed by atoms with van der Waals surface area (Å²) in [5.41, 5.74) is 2.00. The van der Waals surface area contributed by atoms with Gasteiger partial charge in [-0.1, -0.05) is 42.5 Å². The number of hydrogen-bond donors (Lipinski definition) is 0. The molecule has 182 valence electrons. The highest BCUT2D eigenvalue weighted by Gasteiger charge is 2.35. The molecule has 4 rings (SSSR count). The summed E-state index contributed by atoms with van der Waals surface area (Å²) >= 11 is 3.69. The molecule has 0 saturated carbocycles. The molecule has 0 bridgehead atoms. The lowest BCUT2D eigenvalue weighted by atomic mass is 10.1. The van der Waals surface area contributed by atoms with Gasteiger partial charge in [-0.05, 0) is 102 Å². The number of carbonyl (C=O) groups excluding carboxylic acids is 1. The van der Waals surface area contributed by atoms with E-state index in [9.17, 15) is 4.79 Å². The highest BCUT2D eigenvalue weighted by molar-refractivity contribution is 14.1. The lowest BCUT2D eigenvalue weighted by Gasteiger charge is -2.20. The molecule has 7 heteroatoms. The van der Waals surface area contributed by atoms with Crippen molar-refractivity contribution in [3.8, 4) is 11.5 Å². The second-order valence-electron chi connectivity index (χ2n) is 8.85. The van der Waals surface area contributed by atoms with E-state index in [4.69, 9.17) is 9.47 Å². The second-order valence-corrected chi connectivity index (χ2v) is 11.0. The van der Waals surface area contributed by atoms with Crippen LogP contribution in [0.15, 0.2) is 64.5 Å². The lowest BCUT2D eigenvalue weighted by Crippen LogP contribution is -2.35. The van der Waals surface area contributed by atoms with Gasteiger partial charge < -0.3 is 9.47 Å². The first-order valence-electron chi connectivity index (χ1n) is 11.6. The Hall–Kier alpha value is -2.52. The van der Waals surface area contributed by atoms with E-state index in [2.05, 4.69) is 51.8 Å². The predicted octanol–water partition coefficient (Wildman–Crippen LogP) is 7.12. The number of halogens is 1. The molecule has 0 N–H and O–H groups in total. The number of hydrogen-bond acceptors (Lipinski definition) is 5. The van der Waals surface area contributed by atoms with Crippen LogP contribution in [0.4, 0.5) is 0 Å². The molecule has 35 heavy (non-hydrogen) atoms. The van der Waals surface area contributed by atoms with Gasteiger partial charge in [0.15, 0.2) is 16.7 Å². The third-order valence-corrected chi connectivity index (χ3v) is 7.32. The number of amidine groups is 1. The van der Waals surface area contributed by atoms with Crippen LogP contribution in [0.25, 0.3) is 16.8 Å². The van der Waals surface area contributed by atoms with Crippen molar-refractivity contribution in [3.63, 3.8) is 0 Å². The molecule has 5 nitrogen and oxygen atoms in total. The van der Waals surface area contributed by atoms with E-state index < -0.39 is 0 Å². The zero-order chi connectivity index (χ0) is 25.1. The minimum absolute atomic E-state index is 0.0188. The van der Waals surface area contributed by atoms with Crippen LogP contribution in [0.1, 0.15) is 38.8 Å². The van der Waals surface area contributed by atoms with Crippen LogP contribution in [0.5, 0.6) is 11.5 Å². The van der Waals surface area contributed by atoms with Crippen molar-refractivity contribution in [2.75, 3.05) is 7.11 Å². The fourth-order valence-corrected chi connectivity index (χ4v) is 5.95. The fourth-order valence-electron chi connectivity index (χ4n) is 3.94. The molecule has 1 saturated heterocycles. The third kappa shape index (κ3) is 5.67. The molecule has 1 aliphatic rings. The number of amides is 1. The number of nitrogens with zero attached hydrogens (tertiary/aromatic N) is 2. The molecular formula is C28H29IN2O3S. The number of fused-ring (bicyclic) bond motifs is 1. The Bertz CT molecular complexity index is 1310. The molecule has 0 aliphatic carbocycles. The Labute approximate surface area is 224 Å². The van der Waals surface area contributed by atoms with Crippen molar-refractivity contribution in [3.05, 3.63) is 74.2 Å². The number of thioether (sulfide) groups is 1. The zero-order valence-electron chi connectivity index (χ0n) is 20.5. The minimum Gasteiger partial charge on any atom is -0.493 e. The van der Waals surface area contributed by atoms with Crippen molar-refractivity contribution in [2.45, 2.75) is 46.4 Å². The highest BCUT2D eigenvalue weighted by Crippen LogP contribution is 2.38. The molecule has 0 radical (unpaired) electrons. The first-order chi connectivity index (χ1) is 16.8. The van der Waals surface area contributed by atoms with Gasteiger partial charge in [-0.25, -0.2) is 0 Å². The van der Waals surface area contributed by atoms with Gasteiger partial charge >= 0.3 is 0 Å². The van der Waals surface area contributed by atoms with Crippen molar-refractivity contribution in [2.24, 2.45) is 4.99 Å². The van der Waals surface area contributed by atoms with Crippen molar-refractivity contribution in [1.82, 2.24) is 4.90 Å². The maximum absolute atomic E-state index is 13.1. The van der Waals surface area contributed by atoms with Gasteiger partial charge in [0.25, 0.3) is 5.91 Å². The molecule has 3 aromatic rings. The second kappa shape index (κ2) is 11.0. The van der Waals surface area contributed by atoms with E-state index in [0.29, 0.717) is 23.0 Å². The Kier molecular flexibility index (Phi) is 8.06. The topological polar surface area (TPSA) is 51.1 Å². The van der Waals surface area contributed by atoms with E-state index in [0.717, 1.165) is 19.9 Å². The van der Waals surface area contributed by atoms with Crippen LogP contribution in [-0.4, -0.2) is 35.2 Å². The van der Waals surface area contributed by atoms with Crippen LogP contribution < -0.4 is 9.47 Å². The maximum atomic E-state index is 13.1. The summed E-state index contributed by atoms with van der Waals surface area (Å²) in [6, 6.07) is 18.6. The standard InChI is InChI=1S/C28H29IN2O3S/c1-17(2)30-28-31(18(3)4)27(32)25(35-28)15-19-13-23(29)26(24(14-19)33-5)34-16-21-11-8-10-20-9-6-7-12-22(20)21/h6-15,17-18H,16H2,1-5H3/b25-15+,30-28?. The van der Waals surface area contributed by atoms with E-state index in [1.807, 2.05) is 64.1 Å². The van der Waals surface area contributed by atoms with Crippen molar-refractivity contribution in [1.29, 1.82) is 0 Å². The van der Waals surface area contributed by atoms with Gasteiger partial charge in [0, 0.05) is 12.1 Å². The Morgan fingerprint density at radius 1 is 1.09 bits per heavy atom. The van der Waals surface area contributed by atoms with E-state index in [-0.39, 0.29) is 18.0 Å². The number of rotatable bonds is 7. The molecule has 1 heterocycles. The van der Waals surface area contributed by atoms with Gasteiger partial charge in [-0.3, -0.25) is 14.7 Å². The monoisotopic (exact) mass is 600 g/mol. The molecule has 1 aliphatic heterocycles. The molecule has 0 atom stereocenters. The van der Waals surface area contributed by atoms with Crippen LogP contribution in [0.3, 0.4) is 0 Å². The first kappa shape index (κ1) is 25.6. The lowest BCUT2D eigenvalue weighted by molar-refractivity contribution is -0.123. The number of methoxy groups -OCH3 is 1. The van der Waals surface area contributed by atoms with Crippen molar-refractivity contribution < 1.29 is 14.3 Å². The van der Waals surface area contributed by atoms with E-state index >= 15 is 0 Å². The summed E-state index contributed by atoms with van der Waals surface area (Å²) in [4.78, 5) is 20.2. The number of benzene rings is 3. The first-order valence-corrected chi connectivity index (χ1v) is 13.5. The van der Waals surface area contributed by atoms with Crippen molar-refractivity contribution >= 4 is 62.3 Å². The summed E-state index contributed by atoms with van der Waals surface area (Å²) in [5.74, 6) is 1.31. The molecule has 0 unspecified atom stereocenters. The van der Waals surface area contributed by atoms with E-state index in [1.165, 1.54) is 22.5 Å². The van der Waals surface area contributed by atoms with Gasteiger partial charge in [0.2, 0.25) is 0 Å². The fraction of sp³-hybridized carbons (Fsp3) is 0.286. The van der Waals surface area contributed by atoms with Crippen LogP contribution in [0.2, 0.25) is 0 Å². The number of aliphatic imine (C=N–C) groups is 1. The highest BCUT2D eigenvalue weighted by atomic mass is 127. The average Bonchev–Trinajstić information content (AvgIpc) is 3.11. The molecule has 1 fully saturated rings. The Morgan fingerprint density at radius 3 is 2.54 bits per heavy atom. The smallest absolute Gasteiger partial charge is 0.266 e. The van der Waals surface area contributed by atoms with Gasteiger partial charge in [-0.15, -0.1) is 0 Å². The quantitative estimate of drug-likeness (QED) is 0.214. The SMILES string of the molecule is COc1cc(/C=C2/SC(=NC(C)C)N(C(C)C)C2=O)cc(I)c1OCc1cccc2ccccc12. The molecular weight excluding hydrogens is 571 g/mol. The van der Waals surface area contributed by atoms with Crippen LogP contribution >= 0.6 is 34.4 Å². The summed E-state index contributed by atoms with van der Waals surface area (Å²) in [7, 11) is 1.64. The predicted molar refractivity (Wildman–Crippen MR) is 154 cm³/mol. The van der Waals surface area contributed by atoms with Gasteiger partial charge in [0.1, 0.15) is 6.61 Å². The summed E-state index contributed by atoms with van der Waals surface area (Å²) in [6.07, 6.45) is 1.91. The minimum atomic E-state index is -0.0188. The summed E-state index contributed by atoms with van der Waals surface area (Å²) < 4.78 is 12.9. The maximum Gasteiger partial charge on any atom is 0.266 e. The van der Waals surface area contributed by atoms with Crippen LogP contribution in [0, 0.1) is 3.57 Å². The van der Waals surface area contributed by atoms with Gasteiger partial charge in [0.05, 0.1) is 15.6 Å². The Morgan fingerprint density at radius 2 is 1.83 bits per heavy atom. The molecule has 3 aromatic carbocycles. The van der Waals surface area contributed by atoms with Gasteiger partial charge in [-0.2, -0.15) is 0 Å². The molecule has 1 amide bonds. The van der Waals surface area contributed by atoms with Crippen LogP contribution in [-0.2, 0) is 11.4 Å². The largest absolute Gasteiger partial charge is 0.493 e. The average molecular weight is 601 g/mol. The third-order valence-electron chi connectivity index (χ3n) is 5.52.